The Morgan fingerprint density at radius 3 is 2.39 bits per heavy atom. The molecule has 2 aromatic heterocycles. The summed E-state index contributed by atoms with van der Waals surface area (Å²) in [5, 5.41) is 5.69. The van der Waals surface area contributed by atoms with Gasteiger partial charge in [-0.05, 0) is 35.7 Å². The predicted octanol–water partition coefficient (Wildman–Crippen LogP) is 3.78. The maximum Gasteiger partial charge on any atom is 0.257 e. The van der Waals surface area contributed by atoms with Crippen molar-refractivity contribution in [1.82, 2.24) is 15.3 Å². The lowest BCUT2D eigenvalue weighted by Gasteiger charge is -2.13. The lowest BCUT2D eigenvalue weighted by molar-refractivity contribution is 0.0950. The second-order valence-corrected chi connectivity index (χ2v) is 6.66. The van der Waals surface area contributed by atoms with E-state index >= 15 is 0 Å². The zero-order valence-corrected chi connectivity index (χ0v) is 15.8. The number of anilines is 1. The van der Waals surface area contributed by atoms with Crippen LogP contribution in [0, 0.1) is 0 Å². The van der Waals surface area contributed by atoms with Gasteiger partial charge in [0.2, 0.25) is 0 Å². The molecule has 0 spiro atoms. The number of nitrogens with one attached hydrogen (secondary N) is 2. The number of aromatic nitrogens is 2. The largest absolute Gasteiger partial charge is 0.346 e. The first kappa shape index (κ1) is 19.2. The third-order valence-electron chi connectivity index (χ3n) is 4.25. The summed E-state index contributed by atoms with van der Waals surface area (Å²) in [6, 6.07) is 14.7. The Labute approximate surface area is 164 Å². The van der Waals surface area contributed by atoms with E-state index in [1.807, 2.05) is 42.5 Å². The fourth-order valence-electron chi connectivity index (χ4n) is 2.77. The van der Waals surface area contributed by atoms with E-state index in [0.29, 0.717) is 17.7 Å². The van der Waals surface area contributed by atoms with Crippen LogP contribution in [0.1, 0.15) is 51.7 Å². The van der Waals surface area contributed by atoms with Crippen molar-refractivity contribution in [2.45, 2.75) is 26.3 Å². The van der Waals surface area contributed by atoms with E-state index in [9.17, 15) is 9.59 Å². The summed E-state index contributed by atoms with van der Waals surface area (Å²) < 4.78 is 0. The molecule has 0 unspecified atom stereocenters. The molecule has 3 rings (SSSR count). The average Bonchev–Trinajstić information content (AvgIpc) is 2.73. The zero-order chi connectivity index (χ0) is 19.9. The second-order valence-electron chi connectivity index (χ2n) is 6.66. The fourth-order valence-corrected chi connectivity index (χ4v) is 2.77. The normalized spacial score (nSPS) is 10.5. The molecule has 3 aromatic rings. The van der Waals surface area contributed by atoms with E-state index in [2.05, 4.69) is 34.4 Å². The van der Waals surface area contributed by atoms with Crippen LogP contribution in [0.25, 0.3) is 0 Å². The summed E-state index contributed by atoms with van der Waals surface area (Å²) in [6.45, 7) is 4.44. The van der Waals surface area contributed by atoms with Crippen molar-refractivity contribution in [3.8, 4) is 0 Å². The van der Waals surface area contributed by atoms with Gasteiger partial charge in [0.05, 0.1) is 23.4 Å². The van der Waals surface area contributed by atoms with E-state index in [4.69, 9.17) is 0 Å². The van der Waals surface area contributed by atoms with Gasteiger partial charge in [-0.3, -0.25) is 19.6 Å². The highest BCUT2D eigenvalue weighted by atomic mass is 16.2. The molecule has 6 heteroatoms. The van der Waals surface area contributed by atoms with Crippen molar-refractivity contribution >= 4 is 17.5 Å². The SMILES string of the molecule is CC(C)c1ccccc1NC(=O)c1cncc(C(=O)NCc2ccccn2)c1. The molecule has 28 heavy (non-hydrogen) atoms. The molecule has 0 aliphatic carbocycles. The molecule has 6 nitrogen and oxygen atoms in total. The summed E-state index contributed by atoms with van der Waals surface area (Å²) in [6.07, 6.45) is 4.55. The third-order valence-corrected chi connectivity index (χ3v) is 4.25. The number of carbonyl (C=O) groups excluding carboxylic acids is 2. The lowest BCUT2D eigenvalue weighted by atomic mass is 10.0. The summed E-state index contributed by atoms with van der Waals surface area (Å²) in [4.78, 5) is 33.2. The van der Waals surface area contributed by atoms with E-state index in [0.717, 1.165) is 16.9 Å². The Kier molecular flexibility index (Phi) is 6.11. The second kappa shape index (κ2) is 8.90. The Morgan fingerprint density at radius 2 is 1.68 bits per heavy atom. The molecule has 2 heterocycles. The molecule has 2 N–H and O–H groups in total. The Hall–Kier alpha value is -3.54. The number of benzene rings is 1. The molecule has 0 saturated heterocycles. The van der Waals surface area contributed by atoms with Crippen LogP contribution < -0.4 is 10.6 Å². The van der Waals surface area contributed by atoms with Gasteiger partial charge in [-0.2, -0.15) is 0 Å². The van der Waals surface area contributed by atoms with Crippen LogP contribution >= 0.6 is 0 Å². The zero-order valence-electron chi connectivity index (χ0n) is 15.8. The number of pyridine rings is 2. The number of nitrogens with zero attached hydrogens (tertiary/aromatic N) is 2. The average molecular weight is 374 g/mol. The number of carbonyl (C=O) groups is 2. The predicted molar refractivity (Wildman–Crippen MR) is 108 cm³/mol. The maximum absolute atomic E-state index is 12.7. The van der Waals surface area contributed by atoms with Crippen LogP contribution in [0.4, 0.5) is 5.69 Å². The number of hydrogen-bond donors (Lipinski definition) is 2. The minimum Gasteiger partial charge on any atom is -0.346 e. The molecule has 0 saturated carbocycles. The number of para-hydroxylation sites is 1. The molecule has 0 aliphatic rings. The first-order valence-corrected chi connectivity index (χ1v) is 9.08. The van der Waals surface area contributed by atoms with Crippen LogP contribution in [-0.4, -0.2) is 21.8 Å². The Bertz CT molecular complexity index is 971. The minimum atomic E-state index is -0.310. The lowest BCUT2D eigenvalue weighted by Crippen LogP contribution is -2.24. The van der Waals surface area contributed by atoms with Gasteiger partial charge in [-0.1, -0.05) is 38.1 Å². The first-order chi connectivity index (χ1) is 13.5. The Morgan fingerprint density at radius 1 is 0.964 bits per heavy atom. The van der Waals surface area contributed by atoms with Crippen molar-refractivity contribution < 1.29 is 9.59 Å². The molecule has 0 atom stereocenters. The van der Waals surface area contributed by atoms with E-state index in [-0.39, 0.29) is 17.7 Å². The van der Waals surface area contributed by atoms with Crippen LogP contribution in [-0.2, 0) is 6.54 Å². The van der Waals surface area contributed by atoms with Crippen molar-refractivity contribution in [1.29, 1.82) is 0 Å². The molecule has 1 aromatic carbocycles. The highest BCUT2D eigenvalue weighted by Gasteiger charge is 2.14. The quantitative estimate of drug-likeness (QED) is 0.688. The summed E-state index contributed by atoms with van der Waals surface area (Å²) in [5.74, 6) is -0.339. The van der Waals surface area contributed by atoms with E-state index < -0.39 is 0 Å². The Balaban J connectivity index is 1.70. The van der Waals surface area contributed by atoms with Gasteiger partial charge in [0, 0.05) is 24.3 Å². The molecule has 0 fully saturated rings. The molecule has 0 radical (unpaired) electrons. The maximum atomic E-state index is 12.7. The fraction of sp³-hybridized carbons (Fsp3) is 0.182. The number of rotatable bonds is 6. The molecule has 142 valence electrons. The van der Waals surface area contributed by atoms with Crippen LogP contribution in [0.3, 0.4) is 0 Å². The third kappa shape index (κ3) is 4.79. The topological polar surface area (TPSA) is 84.0 Å². The molecular formula is C22H22N4O2. The first-order valence-electron chi connectivity index (χ1n) is 9.08. The van der Waals surface area contributed by atoms with Crippen LogP contribution in [0.15, 0.2) is 67.1 Å². The van der Waals surface area contributed by atoms with Gasteiger partial charge < -0.3 is 10.6 Å². The highest BCUT2D eigenvalue weighted by molar-refractivity contribution is 6.06. The van der Waals surface area contributed by atoms with Crippen LogP contribution in [0.2, 0.25) is 0 Å². The van der Waals surface area contributed by atoms with Crippen molar-refractivity contribution in [2.75, 3.05) is 5.32 Å². The van der Waals surface area contributed by atoms with Crippen molar-refractivity contribution in [2.24, 2.45) is 0 Å². The molecular weight excluding hydrogens is 352 g/mol. The monoisotopic (exact) mass is 374 g/mol. The molecule has 0 bridgehead atoms. The van der Waals surface area contributed by atoms with E-state index in [1.54, 1.807) is 6.20 Å². The number of hydrogen-bond acceptors (Lipinski definition) is 4. The summed E-state index contributed by atoms with van der Waals surface area (Å²) in [7, 11) is 0. The van der Waals surface area contributed by atoms with E-state index in [1.165, 1.54) is 18.5 Å². The highest BCUT2D eigenvalue weighted by Crippen LogP contribution is 2.24. The summed E-state index contributed by atoms with van der Waals surface area (Å²) >= 11 is 0. The van der Waals surface area contributed by atoms with Gasteiger partial charge in [0.25, 0.3) is 11.8 Å². The number of amides is 2. The minimum absolute atomic E-state index is 0.276. The molecule has 2 amide bonds. The summed E-state index contributed by atoms with van der Waals surface area (Å²) in [5.41, 5.74) is 3.20. The smallest absolute Gasteiger partial charge is 0.257 e. The van der Waals surface area contributed by atoms with Crippen LogP contribution in [0.5, 0.6) is 0 Å². The molecule has 0 aliphatic heterocycles. The standard InChI is InChI=1S/C22H22N4O2/c1-15(2)19-8-3-4-9-20(19)26-22(28)17-11-16(12-23-13-17)21(27)25-14-18-7-5-6-10-24-18/h3-13,15H,14H2,1-2H3,(H,25,27)(H,26,28). The van der Waals surface area contributed by atoms with Gasteiger partial charge in [0.15, 0.2) is 0 Å². The van der Waals surface area contributed by atoms with Crippen molar-refractivity contribution in [3.05, 3.63) is 89.5 Å². The van der Waals surface area contributed by atoms with Gasteiger partial charge >= 0.3 is 0 Å². The van der Waals surface area contributed by atoms with Crippen molar-refractivity contribution in [3.63, 3.8) is 0 Å². The van der Waals surface area contributed by atoms with Gasteiger partial charge in [-0.25, -0.2) is 0 Å². The van der Waals surface area contributed by atoms with Gasteiger partial charge in [-0.15, -0.1) is 0 Å². The van der Waals surface area contributed by atoms with Gasteiger partial charge in [0.1, 0.15) is 0 Å².